The summed E-state index contributed by atoms with van der Waals surface area (Å²) in [5.41, 5.74) is 8.48. The molecule has 0 bridgehead atoms. The molecule has 0 radical (unpaired) electrons. The van der Waals surface area contributed by atoms with E-state index in [-0.39, 0.29) is 0 Å². The van der Waals surface area contributed by atoms with Gasteiger partial charge >= 0.3 is 0 Å². The number of nitrogens with zero attached hydrogens (tertiary/aromatic N) is 2. The monoisotopic (exact) mass is 245 g/mol. The van der Waals surface area contributed by atoms with Crippen molar-refractivity contribution in [3.63, 3.8) is 0 Å². The van der Waals surface area contributed by atoms with Crippen LogP contribution < -0.4 is 10.6 Å². The summed E-state index contributed by atoms with van der Waals surface area (Å²) in [7, 11) is 0. The van der Waals surface area contributed by atoms with Crippen LogP contribution in [-0.4, -0.2) is 31.3 Å². The van der Waals surface area contributed by atoms with E-state index in [4.69, 9.17) is 14.9 Å². The number of nitrogen functional groups attached to an aromatic ring is 1. The predicted octanol–water partition coefficient (Wildman–Crippen LogP) is 1.76. The number of aromatic nitrogens is 1. The minimum Gasteiger partial charge on any atom is -0.472 e. The highest BCUT2D eigenvalue weighted by molar-refractivity contribution is 5.77. The fourth-order valence-corrected chi connectivity index (χ4v) is 2.13. The number of nitrogens with two attached hydrogens (primary N) is 1. The van der Waals surface area contributed by atoms with Crippen molar-refractivity contribution >= 4 is 11.5 Å². The third-order valence-electron chi connectivity index (χ3n) is 3.03. The van der Waals surface area contributed by atoms with E-state index in [1.807, 2.05) is 12.1 Å². The first-order valence-electron chi connectivity index (χ1n) is 5.95. The van der Waals surface area contributed by atoms with Gasteiger partial charge in [0.1, 0.15) is 5.82 Å². The van der Waals surface area contributed by atoms with Crippen molar-refractivity contribution in [2.24, 2.45) is 0 Å². The maximum Gasteiger partial charge on any atom is 0.136 e. The van der Waals surface area contributed by atoms with Gasteiger partial charge < -0.3 is 19.8 Å². The van der Waals surface area contributed by atoms with Gasteiger partial charge in [0, 0.05) is 24.2 Å². The molecule has 3 rings (SSSR count). The normalized spacial score (nSPS) is 15.9. The van der Waals surface area contributed by atoms with Gasteiger partial charge in [-0.05, 0) is 12.1 Å². The van der Waals surface area contributed by atoms with Crippen LogP contribution >= 0.6 is 0 Å². The van der Waals surface area contributed by atoms with Gasteiger partial charge in [0.2, 0.25) is 0 Å². The van der Waals surface area contributed by atoms with Gasteiger partial charge in [0.25, 0.3) is 0 Å². The van der Waals surface area contributed by atoms with Crippen molar-refractivity contribution in [3.8, 4) is 11.1 Å². The van der Waals surface area contributed by atoms with Crippen LogP contribution in [0.15, 0.2) is 35.3 Å². The molecule has 1 aliphatic rings. The van der Waals surface area contributed by atoms with E-state index in [9.17, 15) is 0 Å². The van der Waals surface area contributed by atoms with Crippen LogP contribution in [0.4, 0.5) is 11.5 Å². The van der Waals surface area contributed by atoms with Crippen LogP contribution in [0, 0.1) is 0 Å². The Morgan fingerprint density at radius 3 is 2.83 bits per heavy atom. The first kappa shape index (κ1) is 11.1. The minimum absolute atomic E-state index is 0.656. The third kappa shape index (κ3) is 2.04. The second-order valence-electron chi connectivity index (χ2n) is 4.25. The number of rotatable bonds is 2. The molecule has 2 N–H and O–H groups in total. The summed E-state index contributed by atoms with van der Waals surface area (Å²) >= 11 is 0. The molecule has 1 saturated heterocycles. The van der Waals surface area contributed by atoms with Crippen LogP contribution in [0.25, 0.3) is 11.1 Å². The molecule has 2 aromatic rings. The van der Waals surface area contributed by atoms with Crippen molar-refractivity contribution in [1.82, 2.24) is 4.98 Å². The summed E-state index contributed by atoms with van der Waals surface area (Å²) < 4.78 is 10.5. The highest BCUT2D eigenvalue weighted by Crippen LogP contribution is 2.31. The Labute approximate surface area is 105 Å². The number of hydrogen-bond acceptors (Lipinski definition) is 5. The van der Waals surface area contributed by atoms with E-state index in [0.29, 0.717) is 5.69 Å². The van der Waals surface area contributed by atoms with Crippen LogP contribution in [-0.2, 0) is 4.74 Å². The zero-order valence-electron chi connectivity index (χ0n) is 10.0. The Kier molecular flexibility index (Phi) is 2.90. The second-order valence-corrected chi connectivity index (χ2v) is 4.25. The highest BCUT2D eigenvalue weighted by Gasteiger charge is 2.17. The fourth-order valence-electron chi connectivity index (χ4n) is 2.13. The molecule has 5 nitrogen and oxygen atoms in total. The van der Waals surface area contributed by atoms with E-state index in [1.165, 1.54) is 0 Å². The summed E-state index contributed by atoms with van der Waals surface area (Å²) in [5.74, 6) is 0.939. The van der Waals surface area contributed by atoms with Crippen LogP contribution in [0.3, 0.4) is 0 Å². The second kappa shape index (κ2) is 4.70. The van der Waals surface area contributed by atoms with Crippen molar-refractivity contribution in [3.05, 3.63) is 30.9 Å². The first-order chi connectivity index (χ1) is 8.84. The topological polar surface area (TPSA) is 64.5 Å². The lowest BCUT2D eigenvalue weighted by molar-refractivity contribution is 0.122. The molecule has 1 aliphatic heterocycles. The molecule has 1 fully saturated rings. The summed E-state index contributed by atoms with van der Waals surface area (Å²) in [5, 5.41) is 0. The van der Waals surface area contributed by atoms with Gasteiger partial charge in [0.15, 0.2) is 0 Å². The Bertz CT molecular complexity index is 519. The Balaban J connectivity index is 2.02. The molecule has 3 heterocycles. The van der Waals surface area contributed by atoms with Gasteiger partial charge in [-0.25, -0.2) is 4.98 Å². The van der Waals surface area contributed by atoms with E-state index < -0.39 is 0 Å². The van der Waals surface area contributed by atoms with E-state index >= 15 is 0 Å². The smallest absolute Gasteiger partial charge is 0.136 e. The third-order valence-corrected chi connectivity index (χ3v) is 3.03. The quantitative estimate of drug-likeness (QED) is 0.873. The van der Waals surface area contributed by atoms with Crippen LogP contribution in [0.5, 0.6) is 0 Å². The number of pyridine rings is 1. The average Bonchev–Trinajstić information content (AvgIpc) is 2.93. The first-order valence-corrected chi connectivity index (χ1v) is 5.95. The molecular weight excluding hydrogens is 230 g/mol. The molecule has 0 amide bonds. The maximum atomic E-state index is 5.83. The predicted molar refractivity (Wildman–Crippen MR) is 69.4 cm³/mol. The number of ether oxygens (including phenoxy) is 1. The lowest BCUT2D eigenvalue weighted by Gasteiger charge is -2.29. The molecule has 0 atom stereocenters. The summed E-state index contributed by atoms with van der Waals surface area (Å²) in [4.78, 5) is 6.68. The SMILES string of the molecule is Nc1cnc(N2CCOCC2)c(-c2ccoc2)c1. The van der Waals surface area contributed by atoms with Crippen molar-refractivity contribution < 1.29 is 9.15 Å². The summed E-state index contributed by atoms with van der Waals surface area (Å²) in [6.07, 6.45) is 5.05. The van der Waals surface area contributed by atoms with Gasteiger partial charge in [-0.1, -0.05) is 0 Å². The fraction of sp³-hybridized carbons (Fsp3) is 0.308. The summed E-state index contributed by atoms with van der Waals surface area (Å²) in [6.45, 7) is 3.16. The number of hydrogen-bond donors (Lipinski definition) is 1. The Morgan fingerprint density at radius 1 is 1.28 bits per heavy atom. The minimum atomic E-state index is 0.656. The van der Waals surface area contributed by atoms with Crippen LogP contribution in [0.1, 0.15) is 0 Å². The van der Waals surface area contributed by atoms with Gasteiger partial charge in [-0.3, -0.25) is 0 Å². The van der Waals surface area contributed by atoms with Crippen molar-refractivity contribution in [1.29, 1.82) is 0 Å². The zero-order chi connectivity index (χ0) is 12.4. The molecular formula is C13H15N3O2. The number of morpholine rings is 1. The van der Waals surface area contributed by atoms with E-state index in [1.54, 1.807) is 18.7 Å². The van der Waals surface area contributed by atoms with Gasteiger partial charge in [-0.15, -0.1) is 0 Å². The number of anilines is 2. The van der Waals surface area contributed by atoms with E-state index in [0.717, 1.165) is 43.2 Å². The lowest BCUT2D eigenvalue weighted by atomic mass is 10.1. The number of furan rings is 1. The standard InChI is InChI=1S/C13H15N3O2/c14-11-7-12(10-1-4-18-9-10)13(15-8-11)16-2-5-17-6-3-16/h1,4,7-9H,2-3,5-6,14H2. The molecule has 94 valence electrons. The molecule has 18 heavy (non-hydrogen) atoms. The van der Waals surface area contributed by atoms with E-state index in [2.05, 4.69) is 9.88 Å². The van der Waals surface area contributed by atoms with Crippen molar-refractivity contribution in [2.45, 2.75) is 0 Å². The van der Waals surface area contributed by atoms with Gasteiger partial charge in [-0.2, -0.15) is 0 Å². The lowest BCUT2D eigenvalue weighted by Crippen LogP contribution is -2.37. The van der Waals surface area contributed by atoms with Crippen LogP contribution in [0.2, 0.25) is 0 Å². The molecule has 0 aromatic carbocycles. The molecule has 0 aliphatic carbocycles. The summed E-state index contributed by atoms with van der Waals surface area (Å²) in [6, 6.07) is 3.85. The average molecular weight is 245 g/mol. The highest BCUT2D eigenvalue weighted by atomic mass is 16.5. The zero-order valence-corrected chi connectivity index (χ0v) is 10.0. The molecule has 2 aromatic heterocycles. The molecule has 5 heteroatoms. The largest absolute Gasteiger partial charge is 0.472 e. The Morgan fingerprint density at radius 2 is 2.11 bits per heavy atom. The maximum absolute atomic E-state index is 5.83. The molecule has 0 spiro atoms. The molecule has 0 saturated carbocycles. The van der Waals surface area contributed by atoms with Gasteiger partial charge in [0.05, 0.1) is 37.6 Å². The molecule has 0 unspecified atom stereocenters. The Hall–Kier alpha value is -2.01. The van der Waals surface area contributed by atoms with Crippen molar-refractivity contribution in [2.75, 3.05) is 36.9 Å².